The number of esters is 1. The maximum atomic E-state index is 13.2. The Hall–Kier alpha value is -1.58. The summed E-state index contributed by atoms with van der Waals surface area (Å²) in [4.78, 5) is 15.8. The molecule has 0 radical (unpaired) electrons. The number of carbonyl (C=O) groups excluding carboxylic acids is 1. The van der Waals surface area contributed by atoms with E-state index < -0.39 is 0 Å². The van der Waals surface area contributed by atoms with Crippen LogP contribution in [0.3, 0.4) is 0 Å². The first kappa shape index (κ1) is 24.4. The second-order valence-electron chi connectivity index (χ2n) is 5.63. The summed E-state index contributed by atoms with van der Waals surface area (Å²) in [6.45, 7) is 7.24. The van der Waals surface area contributed by atoms with Crippen LogP contribution in [0.5, 0.6) is 5.75 Å². The molecule has 0 aliphatic carbocycles. The van der Waals surface area contributed by atoms with Crippen LogP contribution < -0.4 is 15.4 Å². The van der Waals surface area contributed by atoms with Gasteiger partial charge in [0.15, 0.2) is 5.96 Å². The first-order valence-electron chi connectivity index (χ1n) is 8.52. The largest absolute Gasteiger partial charge is 0.489 e. The van der Waals surface area contributed by atoms with Crippen LogP contribution in [-0.4, -0.2) is 44.8 Å². The van der Waals surface area contributed by atoms with Crippen molar-refractivity contribution in [2.75, 3.05) is 26.7 Å². The molecule has 6 nitrogen and oxygen atoms in total. The van der Waals surface area contributed by atoms with Gasteiger partial charge in [0.25, 0.3) is 0 Å². The topological polar surface area (TPSA) is 72.0 Å². The van der Waals surface area contributed by atoms with Gasteiger partial charge in [-0.25, -0.2) is 4.39 Å². The number of guanidine groups is 1. The summed E-state index contributed by atoms with van der Waals surface area (Å²) < 4.78 is 23.7. The highest BCUT2D eigenvalue weighted by atomic mass is 127. The van der Waals surface area contributed by atoms with Gasteiger partial charge in [-0.3, -0.25) is 9.79 Å². The molecule has 0 fully saturated rings. The maximum absolute atomic E-state index is 13.2. The zero-order valence-electron chi connectivity index (χ0n) is 15.8. The molecule has 1 aromatic carbocycles. The number of hydrogen-bond acceptors (Lipinski definition) is 4. The van der Waals surface area contributed by atoms with Crippen LogP contribution in [0.25, 0.3) is 0 Å². The number of benzene rings is 1. The van der Waals surface area contributed by atoms with Crippen LogP contribution >= 0.6 is 24.0 Å². The number of hydrogen-bond donors (Lipinski definition) is 2. The molecule has 1 aromatic rings. The van der Waals surface area contributed by atoms with Crippen LogP contribution in [0, 0.1) is 11.7 Å². The molecule has 0 saturated heterocycles. The Balaban J connectivity index is 0.00000625. The predicted molar refractivity (Wildman–Crippen MR) is 112 cm³/mol. The quantitative estimate of drug-likeness (QED) is 0.246. The molecule has 2 atom stereocenters. The Kier molecular flexibility index (Phi) is 12.8. The van der Waals surface area contributed by atoms with Gasteiger partial charge in [0.1, 0.15) is 17.7 Å². The third kappa shape index (κ3) is 9.21. The molecule has 0 amide bonds. The summed E-state index contributed by atoms with van der Waals surface area (Å²) in [7, 11) is 1.36. The van der Waals surface area contributed by atoms with E-state index in [0.29, 0.717) is 31.3 Å². The summed E-state index contributed by atoms with van der Waals surface area (Å²) >= 11 is 0. The van der Waals surface area contributed by atoms with Crippen molar-refractivity contribution in [1.29, 1.82) is 0 Å². The van der Waals surface area contributed by atoms with Crippen molar-refractivity contribution in [2.24, 2.45) is 10.9 Å². The molecule has 1 rings (SSSR count). The van der Waals surface area contributed by atoms with E-state index in [1.54, 1.807) is 19.1 Å². The van der Waals surface area contributed by atoms with E-state index in [1.807, 2.05) is 13.8 Å². The summed E-state index contributed by atoms with van der Waals surface area (Å²) in [5.41, 5.74) is 0. The fourth-order valence-corrected chi connectivity index (χ4v) is 2.06. The molecule has 0 aromatic heterocycles. The van der Waals surface area contributed by atoms with Crippen molar-refractivity contribution in [2.45, 2.75) is 33.3 Å². The standard InChI is InChI=1S/C18H28FN3O3.HI/c1-5-15(25-16-9-7-8-14(19)10-16)12-22-18(20-6-2)21-11-13(3)17(23)24-4;/h7-10,13,15H,5-6,11-12H2,1-4H3,(H2,20,21,22);1H. The van der Waals surface area contributed by atoms with Crippen molar-refractivity contribution >= 4 is 35.9 Å². The average molecular weight is 481 g/mol. The number of aliphatic imine (C=N–C) groups is 1. The SMILES string of the molecule is CCNC(=NCC(C)C(=O)OC)NCC(CC)Oc1cccc(F)c1.I. The minimum Gasteiger partial charge on any atom is -0.489 e. The lowest BCUT2D eigenvalue weighted by molar-refractivity contribution is -0.144. The number of ether oxygens (including phenoxy) is 2. The maximum Gasteiger partial charge on any atom is 0.310 e. The summed E-state index contributed by atoms with van der Waals surface area (Å²) in [6, 6.07) is 6.08. The molecule has 0 aliphatic rings. The third-order valence-corrected chi connectivity index (χ3v) is 3.52. The normalized spacial score (nSPS) is 13.2. The Labute approximate surface area is 172 Å². The van der Waals surface area contributed by atoms with Gasteiger partial charge in [0.05, 0.1) is 26.1 Å². The number of methoxy groups -OCH3 is 1. The fourth-order valence-electron chi connectivity index (χ4n) is 2.06. The number of rotatable bonds is 9. The number of nitrogens with one attached hydrogen (secondary N) is 2. The van der Waals surface area contributed by atoms with E-state index >= 15 is 0 Å². The smallest absolute Gasteiger partial charge is 0.310 e. The lowest BCUT2D eigenvalue weighted by Gasteiger charge is -2.20. The van der Waals surface area contributed by atoms with Gasteiger partial charge in [-0.2, -0.15) is 0 Å². The van der Waals surface area contributed by atoms with Gasteiger partial charge in [-0.1, -0.05) is 19.9 Å². The van der Waals surface area contributed by atoms with Crippen LogP contribution in [-0.2, 0) is 9.53 Å². The predicted octanol–water partition coefficient (Wildman–Crippen LogP) is 2.97. The molecule has 0 saturated carbocycles. The van der Waals surface area contributed by atoms with Crippen LogP contribution in [0.1, 0.15) is 27.2 Å². The number of halogens is 2. The molecule has 0 heterocycles. The summed E-state index contributed by atoms with van der Waals surface area (Å²) in [5.74, 6) is 0.160. The molecule has 0 spiro atoms. The van der Waals surface area contributed by atoms with Crippen LogP contribution in [0.2, 0.25) is 0 Å². The third-order valence-electron chi connectivity index (χ3n) is 3.52. The first-order valence-corrected chi connectivity index (χ1v) is 8.52. The van der Waals surface area contributed by atoms with Gasteiger partial charge in [0.2, 0.25) is 0 Å². The monoisotopic (exact) mass is 481 g/mol. The highest BCUT2D eigenvalue weighted by molar-refractivity contribution is 14.0. The minimum absolute atomic E-state index is 0. The van der Waals surface area contributed by atoms with Gasteiger partial charge >= 0.3 is 5.97 Å². The van der Waals surface area contributed by atoms with Gasteiger partial charge in [-0.15, -0.1) is 24.0 Å². The number of carbonyl (C=O) groups is 1. The summed E-state index contributed by atoms with van der Waals surface area (Å²) in [6.07, 6.45) is 0.616. The van der Waals surface area contributed by atoms with Gasteiger partial charge in [0, 0.05) is 12.6 Å². The molecule has 2 N–H and O–H groups in total. The lowest BCUT2D eigenvalue weighted by atomic mass is 10.2. The molecule has 26 heavy (non-hydrogen) atoms. The Morgan fingerprint density at radius 3 is 2.62 bits per heavy atom. The van der Waals surface area contributed by atoms with E-state index in [4.69, 9.17) is 9.47 Å². The second-order valence-corrected chi connectivity index (χ2v) is 5.63. The summed E-state index contributed by atoms with van der Waals surface area (Å²) in [5, 5.41) is 6.31. The molecule has 0 aliphatic heterocycles. The van der Waals surface area contributed by atoms with E-state index in [1.165, 1.54) is 19.2 Å². The second kappa shape index (κ2) is 13.6. The Morgan fingerprint density at radius 2 is 2.04 bits per heavy atom. The van der Waals surface area contributed by atoms with E-state index in [2.05, 4.69) is 15.6 Å². The highest BCUT2D eigenvalue weighted by Crippen LogP contribution is 2.14. The van der Waals surface area contributed by atoms with Crippen LogP contribution in [0.4, 0.5) is 4.39 Å². The van der Waals surface area contributed by atoms with E-state index in [-0.39, 0.29) is 47.8 Å². The van der Waals surface area contributed by atoms with Crippen molar-refractivity contribution in [3.8, 4) is 5.75 Å². The fraction of sp³-hybridized carbons (Fsp3) is 0.556. The van der Waals surface area contributed by atoms with E-state index in [9.17, 15) is 9.18 Å². The van der Waals surface area contributed by atoms with Crippen molar-refractivity contribution in [1.82, 2.24) is 10.6 Å². The van der Waals surface area contributed by atoms with Crippen molar-refractivity contribution < 1.29 is 18.7 Å². The molecular weight excluding hydrogens is 452 g/mol. The van der Waals surface area contributed by atoms with Gasteiger partial charge in [-0.05, 0) is 25.5 Å². The van der Waals surface area contributed by atoms with Crippen LogP contribution in [0.15, 0.2) is 29.3 Å². The zero-order chi connectivity index (χ0) is 18.7. The minimum atomic E-state index is -0.327. The van der Waals surface area contributed by atoms with Crippen molar-refractivity contribution in [3.05, 3.63) is 30.1 Å². The van der Waals surface area contributed by atoms with Gasteiger partial charge < -0.3 is 20.1 Å². The zero-order valence-corrected chi connectivity index (χ0v) is 18.1. The van der Waals surface area contributed by atoms with E-state index in [0.717, 1.165) is 6.42 Å². The lowest BCUT2D eigenvalue weighted by Crippen LogP contribution is -2.42. The molecule has 148 valence electrons. The Morgan fingerprint density at radius 1 is 1.31 bits per heavy atom. The highest BCUT2D eigenvalue weighted by Gasteiger charge is 2.13. The van der Waals surface area contributed by atoms with Crippen molar-refractivity contribution in [3.63, 3.8) is 0 Å². The number of nitrogens with zero attached hydrogens (tertiary/aromatic N) is 1. The average Bonchev–Trinajstić information content (AvgIpc) is 2.61. The molecule has 0 bridgehead atoms. The Bertz CT molecular complexity index is 572. The first-order chi connectivity index (χ1) is 12.0. The molecule has 8 heteroatoms. The molecular formula is C18H29FIN3O3. The molecule has 2 unspecified atom stereocenters.